The number of aromatic amines is 1. The second kappa shape index (κ2) is 9.91. The van der Waals surface area contributed by atoms with E-state index >= 15 is 0 Å². The summed E-state index contributed by atoms with van der Waals surface area (Å²) >= 11 is 5.86. The van der Waals surface area contributed by atoms with Gasteiger partial charge in [-0.1, -0.05) is 61.8 Å². The van der Waals surface area contributed by atoms with Crippen molar-refractivity contribution in [3.63, 3.8) is 0 Å². The van der Waals surface area contributed by atoms with Crippen molar-refractivity contribution < 1.29 is 4.74 Å². The Morgan fingerprint density at radius 3 is 1.96 bits per heavy atom. The molecule has 0 aliphatic rings. The van der Waals surface area contributed by atoms with Crippen LogP contribution in [0.15, 0.2) is 61.1 Å². The van der Waals surface area contributed by atoms with Gasteiger partial charge in [-0.15, -0.1) is 0 Å². The third-order valence-corrected chi connectivity index (χ3v) is 3.68. The lowest BCUT2D eigenvalue weighted by Gasteiger charge is -2.06. The van der Waals surface area contributed by atoms with Crippen molar-refractivity contribution in [2.75, 3.05) is 0 Å². The van der Waals surface area contributed by atoms with Crippen molar-refractivity contribution in [3.05, 3.63) is 88.5 Å². The maximum absolute atomic E-state index is 5.86. The first-order valence-corrected chi connectivity index (χ1v) is 8.54. The molecule has 0 bridgehead atoms. The fraction of sp³-hybridized carbons (Fsp3) is 0.250. The normalized spacial score (nSPS) is 10.1. The number of aromatic nitrogens is 2. The zero-order valence-electron chi connectivity index (χ0n) is 14.1. The van der Waals surface area contributed by atoms with E-state index < -0.39 is 0 Å². The molecule has 0 spiro atoms. The topological polar surface area (TPSA) is 37.9 Å². The highest BCUT2D eigenvalue weighted by Crippen LogP contribution is 2.13. The molecular formula is C20H23ClN2O. The van der Waals surface area contributed by atoms with Crippen LogP contribution < -0.4 is 0 Å². The van der Waals surface area contributed by atoms with Gasteiger partial charge in [0.25, 0.3) is 0 Å². The van der Waals surface area contributed by atoms with Crippen LogP contribution in [0.2, 0.25) is 5.02 Å². The smallest absolute Gasteiger partial charge is 0.0921 e. The summed E-state index contributed by atoms with van der Waals surface area (Å²) in [6, 6.07) is 16.2. The minimum atomic E-state index is 0.590. The minimum Gasteiger partial charge on any atom is -0.372 e. The zero-order valence-corrected chi connectivity index (χ0v) is 14.9. The monoisotopic (exact) mass is 342 g/mol. The lowest BCUT2D eigenvalue weighted by molar-refractivity contribution is 0.107. The van der Waals surface area contributed by atoms with Gasteiger partial charge in [-0.05, 0) is 28.8 Å². The van der Waals surface area contributed by atoms with Crippen molar-refractivity contribution >= 4 is 11.6 Å². The van der Waals surface area contributed by atoms with E-state index in [1.165, 1.54) is 11.1 Å². The van der Waals surface area contributed by atoms with Crippen LogP contribution in [0.4, 0.5) is 0 Å². The zero-order chi connectivity index (χ0) is 17.2. The first-order chi connectivity index (χ1) is 11.8. The van der Waals surface area contributed by atoms with Crippen LogP contribution in [0, 0.1) is 0 Å². The molecule has 3 rings (SSSR count). The van der Waals surface area contributed by atoms with Crippen LogP contribution in [-0.2, 0) is 24.4 Å². The number of nitrogens with zero attached hydrogens (tertiary/aromatic N) is 1. The summed E-state index contributed by atoms with van der Waals surface area (Å²) in [7, 11) is 0. The molecule has 3 aromatic rings. The highest BCUT2D eigenvalue weighted by Gasteiger charge is 1.99. The highest BCUT2D eigenvalue weighted by molar-refractivity contribution is 6.30. The van der Waals surface area contributed by atoms with Gasteiger partial charge in [0.05, 0.1) is 19.5 Å². The predicted molar refractivity (Wildman–Crippen MR) is 99.1 cm³/mol. The van der Waals surface area contributed by atoms with Gasteiger partial charge < -0.3 is 9.72 Å². The fourth-order valence-corrected chi connectivity index (χ4v) is 2.35. The Morgan fingerprint density at radius 1 is 0.875 bits per heavy atom. The number of hydrogen-bond donors (Lipinski definition) is 1. The molecule has 126 valence electrons. The van der Waals surface area contributed by atoms with Gasteiger partial charge >= 0.3 is 0 Å². The van der Waals surface area contributed by atoms with Crippen LogP contribution in [-0.4, -0.2) is 9.97 Å². The molecule has 1 aromatic heterocycles. The lowest BCUT2D eigenvalue weighted by atomic mass is 10.1. The Hall–Kier alpha value is -2.10. The van der Waals surface area contributed by atoms with Gasteiger partial charge in [0.2, 0.25) is 0 Å². The standard InChI is InChI=1S/C18H17ClN2O.C2H6/c19-17-7-5-16(6-8-17)12-22-11-15-3-1-14(2-4-15)9-18-10-20-13-21-18;1-2/h1-8,10,13H,9,11-12H2,(H,20,21);1-2H3. The summed E-state index contributed by atoms with van der Waals surface area (Å²) in [5.41, 5.74) is 4.67. The van der Waals surface area contributed by atoms with Gasteiger partial charge in [-0.2, -0.15) is 0 Å². The van der Waals surface area contributed by atoms with Crippen molar-refractivity contribution in [3.8, 4) is 0 Å². The third kappa shape index (κ3) is 5.84. The van der Waals surface area contributed by atoms with E-state index in [-0.39, 0.29) is 0 Å². The van der Waals surface area contributed by atoms with Gasteiger partial charge in [-0.25, -0.2) is 4.98 Å². The Bertz CT molecular complexity index is 692. The molecule has 4 heteroatoms. The second-order valence-corrected chi connectivity index (χ2v) is 5.63. The van der Waals surface area contributed by atoms with E-state index in [9.17, 15) is 0 Å². The van der Waals surface area contributed by atoms with Gasteiger partial charge in [-0.3, -0.25) is 0 Å². The summed E-state index contributed by atoms with van der Waals surface area (Å²) in [5, 5.41) is 0.747. The molecule has 0 unspecified atom stereocenters. The number of rotatable bonds is 6. The largest absolute Gasteiger partial charge is 0.372 e. The highest BCUT2D eigenvalue weighted by atomic mass is 35.5. The maximum atomic E-state index is 5.86. The quantitative estimate of drug-likeness (QED) is 0.651. The number of H-pyrrole nitrogens is 1. The number of ether oxygens (including phenoxy) is 1. The molecule has 0 aliphatic carbocycles. The first kappa shape index (κ1) is 18.2. The molecule has 3 nitrogen and oxygen atoms in total. The number of hydrogen-bond acceptors (Lipinski definition) is 2. The van der Waals surface area contributed by atoms with Crippen LogP contribution in [0.1, 0.15) is 36.2 Å². The van der Waals surface area contributed by atoms with Crippen molar-refractivity contribution in [1.29, 1.82) is 0 Å². The Morgan fingerprint density at radius 2 is 1.42 bits per heavy atom. The molecule has 0 saturated heterocycles. The van der Waals surface area contributed by atoms with E-state index in [0.717, 1.165) is 22.7 Å². The average molecular weight is 343 g/mol. The molecule has 1 N–H and O–H groups in total. The van der Waals surface area contributed by atoms with Crippen molar-refractivity contribution in [1.82, 2.24) is 9.97 Å². The van der Waals surface area contributed by atoms with Gasteiger partial charge in [0.1, 0.15) is 0 Å². The van der Waals surface area contributed by atoms with Crippen LogP contribution in [0.3, 0.4) is 0 Å². The Balaban J connectivity index is 0.00000100. The van der Waals surface area contributed by atoms with E-state index in [1.807, 2.05) is 44.3 Å². The molecule has 1 heterocycles. The Labute approximate surface area is 148 Å². The second-order valence-electron chi connectivity index (χ2n) is 5.19. The van der Waals surface area contributed by atoms with E-state index in [0.29, 0.717) is 13.2 Å². The Kier molecular flexibility index (Phi) is 7.53. The van der Waals surface area contributed by atoms with E-state index in [1.54, 1.807) is 6.33 Å². The molecule has 24 heavy (non-hydrogen) atoms. The fourth-order valence-electron chi connectivity index (χ4n) is 2.22. The van der Waals surface area contributed by atoms with Crippen LogP contribution >= 0.6 is 11.6 Å². The lowest BCUT2D eigenvalue weighted by Crippen LogP contribution is -1.95. The number of benzene rings is 2. The summed E-state index contributed by atoms with van der Waals surface area (Å²) in [4.78, 5) is 7.14. The summed E-state index contributed by atoms with van der Waals surface area (Å²) in [6.07, 6.45) is 4.42. The maximum Gasteiger partial charge on any atom is 0.0921 e. The van der Waals surface area contributed by atoms with Crippen molar-refractivity contribution in [2.24, 2.45) is 0 Å². The van der Waals surface area contributed by atoms with Crippen LogP contribution in [0.25, 0.3) is 0 Å². The minimum absolute atomic E-state index is 0.590. The van der Waals surface area contributed by atoms with E-state index in [4.69, 9.17) is 16.3 Å². The average Bonchev–Trinajstić information content (AvgIpc) is 3.13. The molecule has 0 radical (unpaired) electrons. The molecule has 0 saturated carbocycles. The number of halogens is 1. The first-order valence-electron chi connectivity index (χ1n) is 8.17. The summed E-state index contributed by atoms with van der Waals surface area (Å²) < 4.78 is 5.73. The van der Waals surface area contributed by atoms with Gasteiger partial charge in [0, 0.05) is 23.3 Å². The molecule has 0 atom stereocenters. The van der Waals surface area contributed by atoms with Crippen molar-refractivity contribution in [2.45, 2.75) is 33.5 Å². The van der Waals surface area contributed by atoms with Gasteiger partial charge in [0.15, 0.2) is 0 Å². The number of nitrogens with one attached hydrogen (secondary N) is 1. The van der Waals surface area contributed by atoms with E-state index in [2.05, 4.69) is 34.2 Å². The summed E-state index contributed by atoms with van der Waals surface area (Å²) in [6.45, 7) is 5.19. The molecule has 0 fully saturated rings. The number of imidazole rings is 1. The van der Waals surface area contributed by atoms with Crippen LogP contribution in [0.5, 0.6) is 0 Å². The molecule has 0 amide bonds. The molecule has 2 aromatic carbocycles. The molecular weight excluding hydrogens is 320 g/mol. The predicted octanol–water partition coefficient (Wildman–Crippen LogP) is 5.40. The SMILES string of the molecule is CC.Clc1ccc(COCc2ccc(Cc3cnc[nH]3)cc2)cc1. The molecule has 0 aliphatic heterocycles. The third-order valence-electron chi connectivity index (χ3n) is 3.42. The summed E-state index contributed by atoms with van der Waals surface area (Å²) in [5.74, 6) is 0.